The molecule has 0 bridgehead atoms. The molecule has 1 N–H and O–H groups in total. The molecule has 0 radical (unpaired) electrons. The van der Waals surface area contributed by atoms with Crippen LogP contribution in [0.4, 0.5) is 0 Å². The Morgan fingerprint density at radius 3 is 2.65 bits per heavy atom. The third kappa shape index (κ3) is 4.57. The van der Waals surface area contributed by atoms with Crippen LogP contribution in [0.15, 0.2) is 24.3 Å². The first-order chi connectivity index (χ1) is 8.28. The van der Waals surface area contributed by atoms with E-state index in [1.165, 1.54) is 25.7 Å². The first-order valence-electron chi connectivity index (χ1n) is 6.33. The smallest absolute Gasteiger partial charge is 0.119 e. The highest BCUT2D eigenvalue weighted by Crippen LogP contribution is 2.33. The molecular weight excluding hydrogens is 234 g/mol. The maximum Gasteiger partial charge on any atom is 0.119 e. The molecule has 94 valence electrons. The van der Waals surface area contributed by atoms with E-state index in [-0.39, 0.29) is 0 Å². The summed E-state index contributed by atoms with van der Waals surface area (Å²) in [5.74, 6) is 1.88. The maximum atomic E-state index is 5.83. The van der Waals surface area contributed by atoms with Gasteiger partial charge in [-0.1, -0.05) is 24.4 Å². The highest BCUT2D eigenvalue weighted by molar-refractivity contribution is 6.30. The first kappa shape index (κ1) is 12.7. The van der Waals surface area contributed by atoms with Gasteiger partial charge in [-0.05, 0) is 50.1 Å². The van der Waals surface area contributed by atoms with E-state index < -0.39 is 0 Å². The molecule has 1 aromatic carbocycles. The number of rotatable bonds is 7. The normalized spacial score (nSPS) is 16.8. The van der Waals surface area contributed by atoms with E-state index in [2.05, 4.69) is 5.32 Å². The van der Waals surface area contributed by atoms with Crippen LogP contribution in [0.25, 0.3) is 0 Å². The van der Waals surface area contributed by atoms with Crippen molar-refractivity contribution in [2.45, 2.75) is 31.7 Å². The van der Waals surface area contributed by atoms with E-state index in [0.29, 0.717) is 6.04 Å². The molecule has 2 rings (SSSR count). The molecule has 0 amide bonds. The molecule has 17 heavy (non-hydrogen) atoms. The minimum Gasteiger partial charge on any atom is -0.492 e. The van der Waals surface area contributed by atoms with Crippen LogP contribution in [0.3, 0.4) is 0 Å². The summed E-state index contributed by atoms with van der Waals surface area (Å²) >= 11 is 5.83. The Morgan fingerprint density at radius 1 is 1.35 bits per heavy atom. The van der Waals surface area contributed by atoms with Crippen molar-refractivity contribution in [1.29, 1.82) is 0 Å². The third-order valence-electron chi connectivity index (χ3n) is 3.29. The predicted molar refractivity (Wildman–Crippen MR) is 71.8 cm³/mol. The number of likely N-dealkylation sites (N-methyl/N-ethyl adjacent to an activating group) is 1. The van der Waals surface area contributed by atoms with Gasteiger partial charge in [0.05, 0.1) is 0 Å². The van der Waals surface area contributed by atoms with Crippen molar-refractivity contribution in [3.63, 3.8) is 0 Å². The monoisotopic (exact) mass is 253 g/mol. The molecule has 1 aliphatic rings. The summed E-state index contributed by atoms with van der Waals surface area (Å²) in [4.78, 5) is 0. The van der Waals surface area contributed by atoms with E-state index in [0.717, 1.165) is 23.3 Å². The van der Waals surface area contributed by atoms with E-state index in [9.17, 15) is 0 Å². The summed E-state index contributed by atoms with van der Waals surface area (Å²) in [7, 11) is 2.00. The van der Waals surface area contributed by atoms with Gasteiger partial charge in [0.2, 0.25) is 0 Å². The molecule has 0 saturated heterocycles. The quantitative estimate of drug-likeness (QED) is 0.803. The van der Waals surface area contributed by atoms with Gasteiger partial charge in [0.25, 0.3) is 0 Å². The lowest BCUT2D eigenvalue weighted by Crippen LogP contribution is -2.31. The molecule has 1 fully saturated rings. The van der Waals surface area contributed by atoms with Crippen LogP contribution in [0, 0.1) is 5.92 Å². The molecule has 0 heterocycles. The zero-order chi connectivity index (χ0) is 12.1. The third-order valence-corrected chi connectivity index (χ3v) is 3.55. The summed E-state index contributed by atoms with van der Waals surface area (Å²) in [6, 6.07) is 7.99. The van der Waals surface area contributed by atoms with E-state index >= 15 is 0 Å². The Bertz CT molecular complexity index is 335. The Kier molecular flexibility index (Phi) is 4.69. The fourth-order valence-electron chi connectivity index (χ4n) is 1.88. The van der Waals surface area contributed by atoms with Crippen LogP contribution in [-0.4, -0.2) is 19.7 Å². The lowest BCUT2D eigenvalue weighted by molar-refractivity contribution is 0.259. The van der Waals surface area contributed by atoms with Crippen molar-refractivity contribution in [3.05, 3.63) is 29.3 Å². The van der Waals surface area contributed by atoms with Crippen molar-refractivity contribution in [2.75, 3.05) is 13.7 Å². The van der Waals surface area contributed by atoms with Gasteiger partial charge in [0.15, 0.2) is 0 Å². The molecule has 1 aromatic rings. The summed E-state index contributed by atoms with van der Waals surface area (Å²) in [5, 5.41) is 4.06. The zero-order valence-electron chi connectivity index (χ0n) is 10.3. The van der Waals surface area contributed by atoms with Crippen molar-refractivity contribution in [3.8, 4) is 5.75 Å². The van der Waals surface area contributed by atoms with Crippen LogP contribution in [0.2, 0.25) is 5.02 Å². The minimum absolute atomic E-state index is 0.450. The van der Waals surface area contributed by atoms with Gasteiger partial charge in [-0.3, -0.25) is 0 Å². The second-order valence-electron chi connectivity index (χ2n) is 4.77. The summed E-state index contributed by atoms with van der Waals surface area (Å²) < 4.78 is 5.75. The zero-order valence-corrected chi connectivity index (χ0v) is 11.0. The van der Waals surface area contributed by atoms with Crippen LogP contribution in [0.1, 0.15) is 25.7 Å². The fourth-order valence-corrected chi connectivity index (χ4v) is 2.01. The number of hydrogen-bond donors (Lipinski definition) is 1. The first-order valence-corrected chi connectivity index (χ1v) is 6.71. The van der Waals surface area contributed by atoms with Crippen LogP contribution >= 0.6 is 11.6 Å². The molecular formula is C14H20ClNO. The second kappa shape index (κ2) is 6.27. The van der Waals surface area contributed by atoms with Gasteiger partial charge >= 0.3 is 0 Å². The summed E-state index contributed by atoms with van der Waals surface area (Å²) in [6.07, 6.45) is 5.38. The van der Waals surface area contributed by atoms with E-state index in [1.807, 2.05) is 31.3 Å². The SMILES string of the molecule is CNC(CCC1CC1)COc1ccc(Cl)cc1. The molecule has 0 aliphatic heterocycles. The topological polar surface area (TPSA) is 21.3 Å². The average Bonchev–Trinajstić information content (AvgIpc) is 3.15. The Hall–Kier alpha value is -0.730. The van der Waals surface area contributed by atoms with Crippen molar-refractivity contribution >= 4 is 11.6 Å². The Morgan fingerprint density at radius 2 is 2.06 bits per heavy atom. The fraction of sp³-hybridized carbons (Fsp3) is 0.571. The van der Waals surface area contributed by atoms with Gasteiger partial charge < -0.3 is 10.1 Å². The van der Waals surface area contributed by atoms with Crippen LogP contribution in [0.5, 0.6) is 5.75 Å². The predicted octanol–water partition coefficient (Wildman–Crippen LogP) is 3.50. The van der Waals surface area contributed by atoms with E-state index in [4.69, 9.17) is 16.3 Å². The summed E-state index contributed by atoms with van der Waals surface area (Å²) in [6.45, 7) is 0.727. The maximum absolute atomic E-state index is 5.83. The molecule has 1 saturated carbocycles. The van der Waals surface area contributed by atoms with Gasteiger partial charge in [-0.25, -0.2) is 0 Å². The largest absolute Gasteiger partial charge is 0.492 e. The minimum atomic E-state index is 0.450. The molecule has 1 unspecified atom stereocenters. The number of hydrogen-bond acceptors (Lipinski definition) is 2. The van der Waals surface area contributed by atoms with Gasteiger partial charge in [0.1, 0.15) is 12.4 Å². The van der Waals surface area contributed by atoms with Crippen molar-refractivity contribution in [1.82, 2.24) is 5.32 Å². The lowest BCUT2D eigenvalue weighted by atomic mass is 10.1. The number of halogens is 1. The Labute approximate surface area is 108 Å². The lowest BCUT2D eigenvalue weighted by Gasteiger charge is -2.16. The average molecular weight is 254 g/mol. The van der Waals surface area contributed by atoms with Crippen molar-refractivity contribution in [2.24, 2.45) is 5.92 Å². The standard InChI is InChI=1S/C14H20ClNO/c1-16-13(7-4-11-2-3-11)10-17-14-8-5-12(15)6-9-14/h5-6,8-9,11,13,16H,2-4,7,10H2,1H3. The molecule has 2 nitrogen and oxygen atoms in total. The Balaban J connectivity index is 1.72. The molecule has 0 spiro atoms. The molecule has 3 heteroatoms. The highest BCUT2D eigenvalue weighted by Gasteiger charge is 2.22. The highest BCUT2D eigenvalue weighted by atomic mass is 35.5. The van der Waals surface area contributed by atoms with Gasteiger partial charge in [-0.15, -0.1) is 0 Å². The molecule has 1 atom stereocenters. The van der Waals surface area contributed by atoms with E-state index in [1.54, 1.807) is 0 Å². The number of ether oxygens (including phenoxy) is 1. The molecule has 1 aliphatic carbocycles. The molecule has 0 aromatic heterocycles. The summed E-state index contributed by atoms with van der Waals surface area (Å²) in [5.41, 5.74) is 0. The van der Waals surface area contributed by atoms with Gasteiger partial charge in [-0.2, -0.15) is 0 Å². The van der Waals surface area contributed by atoms with Crippen molar-refractivity contribution < 1.29 is 4.74 Å². The second-order valence-corrected chi connectivity index (χ2v) is 5.21. The van der Waals surface area contributed by atoms with Crippen LogP contribution < -0.4 is 10.1 Å². The van der Waals surface area contributed by atoms with Crippen LogP contribution in [-0.2, 0) is 0 Å². The van der Waals surface area contributed by atoms with Gasteiger partial charge in [0, 0.05) is 11.1 Å². The number of benzene rings is 1. The number of nitrogens with one attached hydrogen (secondary N) is 1.